The molecular weight excluding hydrogens is 233 g/mol. The number of hydrogen-bond acceptors (Lipinski definition) is 3. The summed E-state index contributed by atoms with van der Waals surface area (Å²) >= 11 is 5.82. The normalized spacial score (nSPS) is 10.4. The molecule has 0 amide bonds. The number of ether oxygens (including phenoxy) is 1. The molecule has 0 fully saturated rings. The Kier molecular flexibility index (Phi) is 2.75. The molecule has 0 saturated heterocycles. The Labute approximate surface area is 95.8 Å². The number of hydrogen-bond donors (Lipinski definition) is 0. The van der Waals surface area contributed by atoms with E-state index in [9.17, 15) is 9.18 Å². The molecule has 0 N–H and O–H groups in total. The molecule has 82 valence electrons. The fourth-order valence-corrected chi connectivity index (χ4v) is 1.66. The van der Waals surface area contributed by atoms with Crippen LogP contribution in [0.1, 0.15) is 10.4 Å². The summed E-state index contributed by atoms with van der Waals surface area (Å²) in [7, 11) is 1.27. The number of rotatable bonds is 1. The van der Waals surface area contributed by atoms with Crippen molar-refractivity contribution in [2.24, 2.45) is 0 Å². The van der Waals surface area contributed by atoms with Crippen molar-refractivity contribution in [3.8, 4) is 0 Å². The highest BCUT2D eigenvalue weighted by Gasteiger charge is 2.13. The van der Waals surface area contributed by atoms with Gasteiger partial charge >= 0.3 is 5.97 Å². The molecule has 0 aliphatic carbocycles. The highest BCUT2D eigenvalue weighted by Crippen LogP contribution is 2.25. The minimum Gasteiger partial charge on any atom is -0.465 e. The first kappa shape index (κ1) is 10.8. The van der Waals surface area contributed by atoms with E-state index in [1.807, 2.05) is 0 Å². The molecule has 16 heavy (non-hydrogen) atoms. The molecule has 3 nitrogen and oxygen atoms in total. The zero-order valence-electron chi connectivity index (χ0n) is 8.33. The summed E-state index contributed by atoms with van der Waals surface area (Å²) in [5, 5.41) is 1.07. The second-order valence-electron chi connectivity index (χ2n) is 3.14. The Morgan fingerprint density at radius 2 is 2.19 bits per heavy atom. The van der Waals surface area contributed by atoms with Gasteiger partial charge in [-0.2, -0.15) is 0 Å². The van der Waals surface area contributed by atoms with Crippen LogP contribution in [0.15, 0.2) is 24.4 Å². The van der Waals surface area contributed by atoms with Crippen molar-refractivity contribution < 1.29 is 13.9 Å². The number of carbonyl (C=O) groups excluding carboxylic acids is 1. The van der Waals surface area contributed by atoms with Crippen LogP contribution in [0.4, 0.5) is 4.39 Å². The van der Waals surface area contributed by atoms with E-state index in [1.54, 1.807) is 0 Å². The van der Waals surface area contributed by atoms with Gasteiger partial charge in [0.15, 0.2) is 0 Å². The molecule has 1 heterocycles. The molecule has 0 aliphatic heterocycles. The first-order chi connectivity index (χ1) is 7.63. The largest absolute Gasteiger partial charge is 0.465 e. The number of fused-ring (bicyclic) bond motifs is 1. The summed E-state index contributed by atoms with van der Waals surface area (Å²) in [4.78, 5) is 15.2. The Morgan fingerprint density at radius 1 is 1.44 bits per heavy atom. The smallest absolute Gasteiger partial charge is 0.340 e. The van der Waals surface area contributed by atoms with Gasteiger partial charge in [-0.3, -0.25) is 0 Å². The topological polar surface area (TPSA) is 39.2 Å². The highest BCUT2D eigenvalue weighted by molar-refractivity contribution is 6.34. The molecule has 2 aromatic rings. The van der Waals surface area contributed by atoms with Crippen molar-refractivity contribution in [2.45, 2.75) is 0 Å². The average molecular weight is 240 g/mol. The van der Waals surface area contributed by atoms with Crippen molar-refractivity contribution in [3.63, 3.8) is 0 Å². The Bertz CT molecular complexity index is 571. The van der Waals surface area contributed by atoms with Crippen molar-refractivity contribution in [3.05, 3.63) is 40.9 Å². The third-order valence-electron chi connectivity index (χ3n) is 2.21. The molecule has 0 saturated carbocycles. The van der Waals surface area contributed by atoms with Gasteiger partial charge in [-0.1, -0.05) is 17.7 Å². The molecule has 2 rings (SSSR count). The summed E-state index contributed by atoms with van der Waals surface area (Å²) in [6.07, 6.45) is 1.31. The molecular formula is C11H7ClFNO2. The lowest BCUT2D eigenvalue weighted by molar-refractivity contribution is 0.0602. The Balaban J connectivity index is 2.79. The summed E-state index contributed by atoms with van der Waals surface area (Å²) in [6.45, 7) is 0. The number of esters is 1. The van der Waals surface area contributed by atoms with Crippen LogP contribution in [0, 0.1) is 5.82 Å². The van der Waals surface area contributed by atoms with Gasteiger partial charge in [0, 0.05) is 17.0 Å². The SMILES string of the molecule is COC(=O)c1cnc(Cl)c2cc(F)ccc12. The van der Waals surface area contributed by atoms with Crippen LogP contribution in [0.3, 0.4) is 0 Å². The zero-order chi connectivity index (χ0) is 11.7. The van der Waals surface area contributed by atoms with Gasteiger partial charge in [0.05, 0.1) is 12.7 Å². The van der Waals surface area contributed by atoms with Crippen LogP contribution in [0.2, 0.25) is 5.15 Å². The van der Waals surface area contributed by atoms with Crippen LogP contribution in [-0.4, -0.2) is 18.1 Å². The molecule has 0 bridgehead atoms. The van der Waals surface area contributed by atoms with Gasteiger partial charge in [-0.05, 0) is 12.1 Å². The third kappa shape index (κ3) is 1.72. The molecule has 0 aliphatic rings. The van der Waals surface area contributed by atoms with Crippen LogP contribution in [0.25, 0.3) is 10.8 Å². The monoisotopic (exact) mass is 239 g/mol. The lowest BCUT2D eigenvalue weighted by Gasteiger charge is -2.05. The van der Waals surface area contributed by atoms with E-state index in [0.717, 1.165) is 0 Å². The van der Waals surface area contributed by atoms with Crippen LogP contribution >= 0.6 is 11.6 Å². The van der Waals surface area contributed by atoms with Gasteiger partial charge < -0.3 is 4.74 Å². The number of nitrogens with zero attached hydrogens (tertiary/aromatic N) is 1. The predicted octanol–water partition coefficient (Wildman–Crippen LogP) is 2.81. The predicted molar refractivity (Wildman–Crippen MR) is 58.1 cm³/mol. The van der Waals surface area contributed by atoms with Crippen molar-refractivity contribution in [1.82, 2.24) is 4.98 Å². The molecule has 1 aromatic heterocycles. The third-order valence-corrected chi connectivity index (χ3v) is 2.51. The molecule has 0 unspecified atom stereocenters. The number of carbonyl (C=O) groups is 1. The number of pyridine rings is 1. The Hall–Kier alpha value is -1.68. The second-order valence-corrected chi connectivity index (χ2v) is 3.50. The Morgan fingerprint density at radius 3 is 2.88 bits per heavy atom. The van der Waals surface area contributed by atoms with Gasteiger partial charge in [0.25, 0.3) is 0 Å². The van der Waals surface area contributed by atoms with Crippen molar-refractivity contribution >= 4 is 28.3 Å². The highest BCUT2D eigenvalue weighted by atomic mass is 35.5. The van der Waals surface area contributed by atoms with E-state index in [2.05, 4.69) is 9.72 Å². The molecule has 0 radical (unpaired) electrons. The van der Waals surface area contributed by atoms with E-state index in [1.165, 1.54) is 31.5 Å². The lowest BCUT2D eigenvalue weighted by atomic mass is 10.1. The van der Waals surface area contributed by atoms with E-state index in [-0.39, 0.29) is 10.7 Å². The standard InChI is InChI=1S/C11H7ClFNO2/c1-16-11(15)9-5-14-10(12)8-4-6(13)2-3-7(8)9/h2-5H,1H3. The van der Waals surface area contributed by atoms with Gasteiger partial charge in [0.2, 0.25) is 0 Å². The summed E-state index contributed by atoms with van der Waals surface area (Å²) in [5.74, 6) is -0.959. The van der Waals surface area contributed by atoms with Crippen LogP contribution < -0.4 is 0 Å². The fraction of sp³-hybridized carbons (Fsp3) is 0.0909. The molecule has 0 spiro atoms. The maximum Gasteiger partial charge on any atom is 0.340 e. The zero-order valence-corrected chi connectivity index (χ0v) is 9.08. The fourth-order valence-electron chi connectivity index (χ4n) is 1.45. The van der Waals surface area contributed by atoms with E-state index >= 15 is 0 Å². The van der Waals surface area contributed by atoms with E-state index in [0.29, 0.717) is 10.8 Å². The number of benzene rings is 1. The van der Waals surface area contributed by atoms with Crippen molar-refractivity contribution in [2.75, 3.05) is 7.11 Å². The summed E-state index contributed by atoms with van der Waals surface area (Å²) in [5.41, 5.74) is 0.266. The molecule has 1 aromatic carbocycles. The first-order valence-corrected chi connectivity index (χ1v) is 4.83. The minimum absolute atomic E-state index is 0.155. The van der Waals surface area contributed by atoms with Gasteiger partial charge in [-0.25, -0.2) is 14.2 Å². The minimum atomic E-state index is -0.527. The molecule has 5 heteroatoms. The van der Waals surface area contributed by atoms with Crippen LogP contribution in [0.5, 0.6) is 0 Å². The second kappa shape index (κ2) is 4.06. The first-order valence-electron chi connectivity index (χ1n) is 4.45. The molecule has 0 atom stereocenters. The van der Waals surface area contributed by atoms with Crippen LogP contribution in [-0.2, 0) is 4.74 Å². The summed E-state index contributed by atoms with van der Waals surface area (Å²) < 4.78 is 17.6. The lowest BCUT2D eigenvalue weighted by Crippen LogP contribution is -2.03. The van der Waals surface area contributed by atoms with E-state index < -0.39 is 11.8 Å². The summed E-state index contributed by atoms with van der Waals surface area (Å²) in [6, 6.07) is 3.96. The number of aromatic nitrogens is 1. The van der Waals surface area contributed by atoms with Gasteiger partial charge in [-0.15, -0.1) is 0 Å². The quantitative estimate of drug-likeness (QED) is 0.567. The van der Waals surface area contributed by atoms with Crippen molar-refractivity contribution in [1.29, 1.82) is 0 Å². The number of halogens is 2. The van der Waals surface area contributed by atoms with E-state index in [4.69, 9.17) is 11.6 Å². The maximum atomic E-state index is 13.0. The average Bonchev–Trinajstić information content (AvgIpc) is 2.29. The number of methoxy groups -OCH3 is 1. The van der Waals surface area contributed by atoms with Gasteiger partial charge in [0.1, 0.15) is 11.0 Å². The maximum absolute atomic E-state index is 13.0.